The van der Waals surface area contributed by atoms with Crippen LogP contribution in [0.4, 0.5) is 0 Å². The number of fused-ring (bicyclic) bond motifs is 1. The zero-order valence-corrected chi connectivity index (χ0v) is 14.4. The van der Waals surface area contributed by atoms with Gasteiger partial charge in [-0.3, -0.25) is 9.48 Å². The van der Waals surface area contributed by atoms with Crippen LogP contribution in [-0.4, -0.2) is 34.4 Å². The molecule has 1 unspecified atom stereocenters. The zero-order chi connectivity index (χ0) is 17.2. The first-order valence-electron chi connectivity index (χ1n) is 8.88. The van der Waals surface area contributed by atoms with Crippen LogP contribution in [0.25, 0.3) is 0 Å². The van der Waals surface area contributed by atoms with Gasteiger partial charge in [-0.1, -0.05) is 12.1 Å². The molecule has 1 saturated carbocycles. The van der Waals surface area contributed by atoms with Crippen molar-refractivity contribution in [2.45, 2.75) is 50.8 Å². The second-order valence-electron chi connectivity index (χ2n) is 6.88. The third-order valence-corrected chi connectivity index (χ3v) is 4.95. The molecule has 1 aromatic heterocycles. The molecule has 4 rings (SSSR count). The van der Waals surface area contributed by atoms with Crippen LogP contribution in [0.2, 0.25) is 0 Å². The molecule has 1 aliphatic carbocycles. The zero-order valence-electron chi connectivity index (χ0n) is 14.4. The molecule has 1 aromatic carbocycles. The van der Waals surface area contributed by atoms with Crippen LogP contribution in [0.15, 0.2) is 36.7 Å². The Morgan fingerprint density at radius 3 is 2.68 bits per heavy atom. The van der Waals surface area contributed by atoms with Crippen LogP contribution in [0.1, 0.15) is 37.3 Å². The molecule has 0 bridgehead atoms. The van der Waals surface area contributed by atoms with E-state index in [1.54, 1.807) is 0 Å². The van der Waals surface area contributed by atoms with Gasteiger partial charge >= 0.3 is 0 Å². The lowest BCUT2D eigenvalue weighted by molar-refractivity contribution is -0.131. The number of carbonyl (C=O) groups is 1. The predicted octanol–water partition coefficient (Wildman–Crippen LogP) is 2.63. The number of aryl methyl sites for hydroxylation is 1. The summed E-state index contributed by atoms with van der Waals surface area (Å²) in [6, 6.07) is 8.07. The van der Waals surface area contributed by atoms with Gasteiger partial charge in [0.15, 0.2) is 11.5 Å². The Morgan fingerprint density at radius 2 is 1.96 bits per heavy atom. The van der Waals surface area contributed by atoms with Gasteiger partial charge in [-0.25, -0.2) is 0 Å². The summed E-state index contributed by atoms with van der Waals surface area (Å²) in [4.78, 5) is 12.5. The molecule has 132 valence electrons. The molecule has 2 aromatic rings. The van der Waals surface area contributed by atoms with Crippen molar-refractivity contribution in [3.05, 3.63) is 42.2 Å². The summed E-state index contributed by atoms with van der Waals surface area (Å²) in [5.74, 6) is 1.24. The first kappa shape index (κ1) is 16.0. The molecular formula is C19H23N3O3. The maximum absolute atomic E-state index is 12.5. The van der Waals surface area contributed by atoms with E-state index < -0.39 is 6.10 Å². The van der Waals surface area contributed by atoms with Gasteiger partial charge < -0.3 is 14.8 Å². The lowest BCUT2D eigenvalue weighted by Crippen LogP contribution is -2.48. The number of carbonyl (C=O) groups excluding carboxylic acids is 1. The van der Waals surface area contributed by atoms with Crippen LogP contribution in [0.3, 0.4) is 0 Å². The number of hydrogen-bond acceptors (Lipinski definition) is 4. The molecule has 0 radical (unpaired) electrons. The third kappa shape index (κ3) is 3.48. The summed E-state index contributed by atoms with van der Waals surface area (Å²) < 4.78 is 13.5. The second kappa shape index (κ2) is 6.78. The Balaban J connectivity index is 1.29. The minimum Gasteiger partial charge on any atom is -0.485 e. The molecular weight excluding hydrogens is 318 g/mol. The van der Waals surface area contributed by atoms with Crippen LogP contribution >= 0.6 is 0 Å². The Labute approximate surface area is 147 Å². The first-order chi connectivity index (χ1) is 12.2. The summed E-state index contributed by atoms with van der Waals surface area (Å²) in [5, 5.41) is 7.54. The standard InChI is InChI=1S/C19H23N3O3/c1-13-10-20-22(11-13)15-8-6-14(7-9-15)21-19(23)18-12-24-16-4-2-3-5-17(16)25-18/h2-5,10-11,14-15,18H,6-9,12H2,1H3,(H,21,23). The number of nitrogens with one attached hydrogen (secondary N) is 1. The number of rotatable bonds is 3. The van der Waals surface area contributed by atoms with Crippen LogP contribution in [0, 0.1) is 6.92 Å². The molecule has 1 aliphatic heterocycles. The van der Waals surface area contributed by atoms with Gasteiger partial charge in [0.2, 0.25) is 6.10 Å². The average Bonchev–Trinajstić information content (AvgIpc) is 3.08. The number of hydrogen-bond donors (Lipinski definition) is 1. The summed E-state index contributed by atoms with van der Waals surface area (Å²) in [5.41, 5.74) is 1.19. The molecule has 2 heterocycles. The number of ether oxygens (including phenoxy) is 2. The Bertz CT molecular complexity index is 750. The van der Waals surface area contributed by atoms with E-state index in [9.17, 15) is 4.79 Å². The van der Waals surface area contributed by atoms with E-state index in [0.717, 1.165) is 25.7 Å². The maximum atomic E-state index is 12.5. The largest absolute Gasteiger partial charge is 0.485 e. The van der Waals surface area contributed by atoms with Crippen LogP contribution in [-0.2, 0) is 4.79 Å². The fourth-order valence-electron chi connectivity index (χ4n) is 3.56. The smallest absolute Gasteiger partial charge is 0.264 e. The Kier molecular flexibility index (Phi) is 4.34. The highest BCUT2D eigenvalue weighted by Crippen LogP contribution is 2.31. The maximum Gasteiger partial charge on any atom is 0.264 e. The van der Waals surface area contributed by atoms with Gasteiger partial charge in [-0.05, 0) is 50.3 Å². The summed E-state index contributed by atoms with van der Waals surface area (Å²) in [6.45, 7) is 2.31. The van der Waals surface area contributed by atoms with Gasteiger partial charge in [0.05, 0.1) is 12.2 Å². The minimum atomic E-state index is -0.582. The van der Waals surface area contributed by atoms with Gasteiger partial charge in [0.25, 0.3) is 5.91 Å². The molecule has 1 fully saturated rings. The van der Waals surface area contributed by atoms with Gasteiger partial charge in [-0.15, -0.1) is 0 Å². The third-order valence-electron chi connectivity index (χ3n) is 4.95. The van der Waals surface area contributed by atoms with Crippen LogP contribution in [0.5, 0.6) is 11.5 Å². The van der Waals surface area contributed by atoms with E-state index in [4.69, 9.17) is 9.47 Å². The van der Waals surface area contributed by atoms with Crippen molar-refractivity contribution in [2.24, 2.45) is 0 Å². The molecule has 2 aliphatic rings. The lowest BCUT2D eigenvalue weighted by atomic mass is 9.91. The predicted molar refractivity (Wildman–Crippen MR) is 92.8 cm³/mol. The number of amides is 1. The highest BCUT2D eigenvalue weighted by molar-refractivity contribution is 5.82. The number of nitrogens with zero attached hydrogens (tertiary/aromatic N) is 2. The number of para-hydroxylation sites is 2. The molecule has 0 saturated heterocycles. The average molecular weight is 341 g/mol. The number of aromatic nitrogens is 2. The van der Waals surface area contributed by atoms with E-state index in [0.29, 0.717) is 17.5 Å². The fourth-order valence-corrected chi connectivity index (χ4v) is 3.56. The highest BCUT2D eigenvalue weighted by atomic mass is 16.6. The Hall–Kier alpha value is -2.50. The summed E-state index contributed by atoms with van der Waals surface area (Å²) in [7, 11) is 0. The van der Waals surface area contributed by atoms with Gasteiger partial charge in [0.1, 0.15) is 6.61 Å². The minimum absolute atomic E-state index is 0.0899. The fraction of sp³-hybridized carbons (Fsp3) is 0.474. The molecule has 0 spiro atoms. The second-order valence-corrected chi connectivity index (χ2v) is 6.88. The molecule has 6 heteroatoms. The molecule has 1 N–H and O–H groups in total. The monoisotopic (exact) mass is 341 g/mol. The molecule has 1 amide bonds. The van der Waals surface area contributed by atoms with Crippen LogP contribution < -0.4 is 14.8 Å². The van der Waals surface area contributed by atoms with Crippen molar-refractivity contribution in [3.8, 4) is 11.5 Å². The Morgan fingerprint density at radius 1 is 1.20 bits per heavy atom. The van der Waals surface area contributed by atoms with E-state index in [1.165, 1.54) is 5.56 Å². The van der Waals surface area contributed by atoms with E-state index >= 15 is 0 Å². The van der Waals surface area contributed by atoms with Crippen molar-refractivity contribution < 1.29 is 14.3 Å². The van der Waals surface area contributed by atoms with Gasteiger partial charge in [0, 0.05) is 12.2 Å². The van der Waals surface area contributed by atoms with Crippen molar-refractivity contribution in [1.29, 1.82) is 0 Å². The van der Waals surface area contributed by atoms with E-state index in [1.807, 2.05) is 30.5 Å². The number of benzene rings is 1. The highest BCUT2D eigenvalue weighted by Gasteiger charge is 2.30. The lowest BCUT2D eigenvalue weighted by Gasteiger charge is -2.31. The summed E-state index contributed by atoms with van der Waals surface area (Å²) >= 11 is 0. The van der Waals surface area contributed by atoms with E-state index in [2.05, 4.69) is 28.2 Å². The normalized spacial score (nSPS) is 25.4. The molecule has 25 heavy (non-hydrogen) atoms. The topological polar surface area (TPSA) is 65.4 Å². The van der Waals surface area contributed by atoms with E-state index in [-0.39, 0.29) is 18.6 Å². The van der Waals surface area contributed by atoms with Crippen molar-refractivity contribution in [2.75, 3.05) is 6.61 Å². The molecule has 6 nitrogen and oxygen atoms in total. The SMILES string of the molecule is Cc1cnn(C2CCC(NC(=O)C3COc4ccccc4O3)CC2)c1. The first-order valence-corrected chi connectivity index (χ1v) is 8.88. The quantitative estimate of drug-likeness (QED) is 0.932. The molecule has 1 atom stereocenters. The van der Waals surface area contributed by atoms with Crippen molar-refractivity contribution in [3.63, 3.8) is 0 Å². The summed E-state index contributed by atoms with van der Waals surface area (Å²) in [6.07, 6.45) is 7.37. The van der Waals surface area contributed by atoms with Crippen molar-refractivity contribution in [1.82, 2.24) is 15.1 Å². The van der Waals surface area contributed by atoms with Crippen molar-refractivity contribution >= 4 is 5.91 Å². The van der Waals surface area contributed by atoms with Gasteiger partial charge in [-0.2, -0.15) is 5.10 Å².